The van der Waals surface area contributed by atoms with Crippen molar-refractivity contribution in [2.24, 2.45) is 0 Å². The number of carbonyl (C=O) groups excluding carboxylic acids is 1. The highest BCUT2D eigenvalue weighted by atomic mass is 127. The van der Waals surface area contributed by atoms with Crippen LogP contribution < -0.4 is 19.5 Å². The van der Waals surface area contributed by atoms with E-state index in [4.69, 9.17) is 19.5 Å². The van der Waals surface area contributed by atoms with Crippen LogP contribution in [0.5, 0.6) is 17.2 Å². The van der Waals surface area contributed by atoms with Crippen molar-refractivity contribution < 1.29 is 19.0 Å². The molecule has 0 radical (unpaired) electrons. The Morgan fingerprint density at radius 3 is 2.53 bits per heavy atom. The zero-order valence-electron chi connectivity index (χ0n) is 16.6. The van der Waals surface area contributed by atoms with Crippen molar-refractivity contribution in [2.45, 2.75) is 13.5 Å². The first kappa shape index (κ1) is 23.0. The highest BCUT2D eigenvalue weighted by molar-refractivity contribution is 14.1. The van der Waals surface area contributed by atoms with Gasteiger partial charge in [-0.25, -0.2) is 0 Å². The smallest absolute Gasteiger partial charge is 0.262 e. The molecular weight excluding hydrogens is 497 g/mol. The number of amides is 1. The Kier molecular flexibility index (Phi) is 8.98. The third-order valence-corrected chi connectivity index (χ3v) is 4.70. The van der Waals surface area contributed by atoms with Crippen LogP contribution in [0.1, 0.15) is 18.1 Å². The van der Waals surface area contributed by atoms with Gasteiger partial charge in [-0.1, -0.05) is 12.1 Å². The number of nitrogens with zero attached hydrogens (tertiary/aromatic N) is 2. The van der Waals surface area contributed by atoms with Crippen molar-refractivity contribution in [3.05, 3.63) is 56.7 Å². The number of hydrogen-bond donors (Lipinski definition) is 1. The average Bonchev–Trinajstić information content (AvgIpc) is 2.75. The molecule has 7 nitrogen and oxygen atoms in total. The minimum atomic E-state index is -0.480. The quantitative estimate of drug-likeness (QED) is 0.308. The molecule has 0 spiro atoms. The Balaban J connectivity index is 2.19. The molecule has 1 amide bonds. The molecule has 0 aliphatic heterocycles. The Hall–Kier alpha value is -3.24. The van der Waals surface area contributed by atoms with Crippen LogP contribution in [-0.2, 0) is 11.3 Å². The van der Waals surface area contributed by atoms with Crippen molar-refractivity contribution in [3.8, 4) is 29.4 Å². The number of nitriles is 2. The number of benzene rings is 2. The summed E-state index contributed by atoms with van der Waals surface area (Å²) in [6.45, 7) is 2.41. The van der Waals surface area contributed by atoms with Crippen molar-refractivity contribution in [1.82, 2.24) is 5.32 Å². The summed E-state index contributed by atoms with van der Waals surface area (Å²) < 4.78 is 16.8. The first-order chi connectivity index (χ1) is 14.5. The summed E-state index contributed by atoms with van der Waals surface area (Å²) in [7, 11) is 1.58. The molecule has 0 aromatic heterocycles. The van der Waals surface area contributed by atoms with Gasteiger partial charge in [-0.15, -0.1) is 0 Å². The summed E-state index contributed by atoms with van der Waals surface area (Å²) in [5, 5.41) is 20.9. The molecule has 1 N–H and O–H groups in total. The van der Waals surface area contributed by atoms with E-state index in [9.17, 15) is 10.1 Å². The molecule has 30 heavy (non-hydrogen) atoms. The molecule has 0 unspecified atom stereocenters. The fraction of sp³-hybridized carbons (Fsp3) is 0.227. The van der Waals surface area contributed by atoms with E-state index in [1.54, 1.807) is 31.4 Å². The minimum absolute atomic E-state index is 0.0348. The summed E-state index contributed by atoms with van der Waals surface area (Å²) in [6.07, 6.45) is 1.49. The summed E-state index contributed by atoms with van der Waals surface area (Å²) in [4.78, 5) is 12.5. The monoisotopic (exact) mass is 517 g/mol. The number of nitrogens with one attached hydrogen (secondary N) is 1. The number of methoxy groups -OCH3 is 1. The Bertz CT molecular complexity index is 1000. The van der Waals surface area contributed by atoms with Crippen LogP contribution in [0.3, 0.4) is 0 Å². The second kappa shape index (κ2) is 11.7. The van der Waals surface area contributed by atoms with Crippen LogP contribution in [0, 0.1) is 26.2 Å². The number of ether oxygens (including phenoxy) is 3. The summed E-state index contributed by atoms with van der Waals surface area (Å²) in [5.74, 6) is 1.15. The van der Waals surface area contributed by atoms with Crippen molar-refractivity contribution in [2.75, 3.05) is 20.3 Å². The lowest BCUT2D eigenvalue weighted by Crippen LogP contribution is -2.23. The molecule has 0 heterocycles. The topological polar surface area (TPSA) is 104 Å². The molecule has 154 valence electrons. The van der Waals surface area contributed by atoms with Crippen LogP contribution in [0.4, 0.5) is 0 Å². The molecule has 0 aliphatic carbocycles. The second-order valence-corrected chi connectivity index (χ2v) is 7.07. The molecule has 0 bridgehead atoms. The van der Waals surface area contributed by atoms with Gasteiger partial charge in [-0.05, 0) is 71.0 Å². The van der Waals surface area contributed by atoms with Crippen LogP contribution in [-0.4, -0.2) is 26.2 Å². The van der Waals surface area contributed by atoms with Gasteiger partial charge in [0.1, 0.15) is 23.5 Å². The normalized spacial score (nSPS) is 10.5. The minimum Gasteiger partial charge on any atom is -0.497 e. The predicted molar refractivity (Wildman–Crippen MR) is 120 cm³/mol. The number of hydrogen-bond acceptors (Lipinski definition) is 6. The van der Waals surface area contributed by atoms with E-state index >= 15 is 0 Å². The zero-order valence-corrected chi connectivity index (χ0v) is 18.7. The first-order valence-electron chi connectivity index (χ1n) is 9.01. The largest absolute Gasteiger partial charge is 0.497 e. The van der Waals surface area contributed by atoms with Gasteiger partial charge in [-0.3, -0.25) is 4.79 Å². The molecule has 2 rings (SSSR count). The van der Waals surface area contributed by atoms with E-state index in [1.807, 2.05) is 31.2 Å². The van der Waals surface area contributed by atoms with Gasteiger partial charge in [0.25, 0.3) is 5.91 Å². The van der Waals surface area contributed by atoms with Gasteiger partial charge in [0.05, 0.1) is 17.3 Å². The third-order valence-electron chi connectivity index (χ3n) is 3.90. The summed E-state index contributed by atoms with van der Waals surface area (Å²) >= 11 is 2.06. The summed E-state index contributed by atoms with van der Waals surface area (Å²) in [6, 6.07) is 14.6. The lowest BCUT2D eigenvalue weighted by Gasteiger charge is -2.13. The Morgan fingerprint density at radius 2 is 1.93 bits per heavy atom. The van der Waals surface area contributed by atoms with Crippen molar-refractivity contribution in [1.29, 1.82) is 10.5 Å². The van der Waals surface area contributed by atoms with Crippen LogP contribution in [0.25, 0.3) is 6.08 Å². The highest BCUT2D eigenvalue weighted by Crippen LogP contribution is 2.35. The standard InChI is InChI=1S/C22H20IN3O4/c1-3-29-20-12-16(11-19(23)21(20)30-9-8-24)10-17(13-25)22(27)26-14-15-4-6-18(28-2)7-5-15/h4-7,10-12H,3,9,14H2,1-2H3,(H,26,27)/b17-10-. The van der Waals surface area contributed by atoms with Gasteiger partial charge in [-0.2, -0.15) is 10.5 Å². The van der Waals surface area contributed by atoms with Gasteiger partial charge in [0, 0.05) is 6.54 Å². The maximum Gasteiger partial charge on any atom is 0.262 e. The molecule has 0 saturated carbocycles. The molecular formula is C22H20IN3O4. The van der Waals surface area contributed by atoms with Crippen LogP contribution in [0.2, 0.25) is 0 Å². The SMILES string of the molecule is CCOc1cc(/C=C(/C#N)C(=O)NCc2ccc(OC)cc2)cc(I)c1OCC#N. The van der Waals surface area contributed by atoms with E-state index < -0.39 is 5.91 Å². The van der Waals surface area contributed by atoms with E-state index in [0.717, 1.165) is 11.3 Å². The van der Waals surface area contributed by atoms with E-state index in [2.05, 4.69) is 27.9 Å². The van der Waals surface area contributed by atoms with Gasteiger partial charge >= 0.3 is 0 Å². The Labute approximate surface area is 189 Å². The lowest BCUT2D eigenvalue weighted by atomic mass is 10.1. The lowest BCUT2D eigenvalue weighted by molar-refractivity contribution is -0.117. The van der Waals surface area contributed by atoms with Crippen LogP contribution in [0.15, 0.2) is 42.0 Å². The summed E-state index contributed by atoms with van der Waals surface area (Å²) in [5.41, 5.74) is 1.46. The fourth-order valence-electron chi connectivity index (χ4n) is 2.51. The van der Waals surface area contributed by atoms with Crippen molar-refractivity contribution >= 4 is 34.6 Å². The molecule has 2 aromatic rings. The van der Waals surface area contributed by atoms with Crippen LogP contribution >= 0.6 is 22.6 Å². The molecule has 8 heteroatoms. The number of carbonyl (C=O) groups is 1. The maximum atomic E-state index is 12.5. The molecule has 0 fully saturated rings. The molecule has 0 saturated heterocycles. The van der Waals surface area contributed by atoms with Gasteiger partial charge in [0.2, 0.25) is 0 Å². The zero-order chi connectivity index (χ0) is 21.9. The average molecular weight is 517 g/mol. The maximum absolute atomic E-state index is 12.5. The molecule has 0 atom stereocenters. The predicted octanol–water partition coefficient (Wildman–Crippen LogP) is 3.82. The first-order valence-corrected chi connectivity index (χ1v) is 10.1. The molecule has 2 aromatic carbocycles. The fourth-order valence-corrected chi connectivity index (χ4v) is 3.30. The second-order valence-electron chi connectivity index (χ2n) is 5.91. The molecule has 0 aliphatic rings. The van der Waals surface area contributed by atoms with E-state index in [1.165, 1.54) is 6.08 Å². The Morgan fingerprint density at radius 1 is 1.20 bits per heavy atom. The number of rotatable bonds is 9. The van der Waals surface area contributed by atoms with E-state index in [0.29, 0.717) is 27.2 Å². The third kappa shape index (κ3) is 6.39. The van der Waals surface area contributed by atoms with E-state index in [-0.39, 0.29) is 18.7 Å². The van der Waals surface area contributed by atoms with Crippen molar-refractivity contribution in [3.63, 3.8) is 0 Å². The number of halogens is 1. The van der Waals surface area contributed by atoms with Gasteiger partial charge in [0.15, 0.2) is 18.1 Å². The van der Waals surface area contributed by atoms with Gasteiger partial charge < -0.3 is 19.5 Å². The highest BCUT2D eigenvalue weighted by Gasteiger charge is 2.14.